The third-order valence-corrected chi connectivity index (χ3v) is 5.10. The summed E-state index contributed by atoms with van der Waals surface area (Å²) in [6, 6.07) is 4.59. The van der Waals surface area contributed by atoms with E-state index in [1.807, 2.05) is 0 Å². The van der Waals surface area contributed by atoms with E-state index in [0.29, 0.717) is 17.8 Å². The lowest BCUT2D eigenvalue weighted by molar-refractivity contribution is -0.384. The summed E-state index contributed by atoms with van der Waals surface area (Å²) >= 11 is 0. The highest BCUT2D eigenvalue weighted by Crippen LogP contribution is 2.37. The number of piperidine rings is 1. The molecule has 7 nitrogen and oxygen atoms in total. The molecule has 2 aromatic rings. The van der Waals surface area contributed by atoms with Crippen LogP contribution in [0.15, 0.2) is 18.2 Å². The van der Waals surface area contributed by atoms with Crippen LogP contribution in [0.3, 0.4) is 0 Å². The molecule has 2 fully saturated rings. The number of alkyl halides is 2. The van der Waals surface area contributed by atoms with Crippen LogP contribution in [0.2, 0.25) is 0 Å². The highest BCUT2D eigenvalue weighted by Gasteiger charge is 2.36. The molecule has 0 bridgehead atoms. The first-order chi connectivity index (χ1) is 12.4. The second-order valence-corrected chi connectivity index (χ2v) is 6.89. The quantitative estimate of drug-likeness (QED) is 0.609. The van der Waals surface area contributed by atoms with Crippen LogP contribution < -0.4 is 4.90 Å². The summed E-state index contributed by atoms with van der Waals surface area (Å²) in [6.45, 7) is 0.991. The predicted octanol–water partition coefficient (Wildman–Crippen LogP) is 3.88. The van der Waals surface area contributed by atoms with Crippen LogP contribution in [0, 0.1) is 10.1 Å². The van der Waals surface area contributed by atoms with E-state index in [2.05, 4.69) is 5.10 Å². The van der Waals surface area contributed by atoms with Crippen molar-refractivity contribution in [3.05, 3.63) is 28.3 Å². The summed E-state index contributed by atoms with van der Waals surface area (Å²) in [5, 5.41) is 16.4. The van der Waals surface area contributed by atoms with Crippen molar-refractivity contribution in [1.29, 1.82) is 0 Å². The normalized spacial score (nSPS) is 23.3. The van der Waals surface area contributed by atoms with Gasteiger partial charge in [0.1, 0.15) is 0 Å². The van der Waals surface area contributed by atoms with Gasteiger partial charge in [0.15, 0.2) is 12.0 Å². The Morgan fingerprint density at radius 3 is 2.69 bits per heavy atom. The molecular formula is C17H20F2N4O3. The van der Waals surface area contributed by atoms with Crippen molar-refractivity contribution < 1.29 is 18.4 Å². The fourth-order valence-electron chi connectivity index (χ4n) is 3.64. The molecule has 1 unspecified atom stereocenters. The lowest BCUT2D eigenvalue weighted by atomic mass is 10.1. The number of hydrogen-bond acceptors (Lipinski definition) is 5. The molecule has 2 aliphatic heterocycles. The first-order valence-corrected chi connectivity index (χ1v) is 8.86. The minimum atomic E-state index is -2.66. The number of anilines is 1. The van der Waals surface area contributed by atoms with Gasteiger partial charge in [-0.1, -0.05) is 0 Å². The molecule has 1 aromatic heterocycles. The maximum Gasteiger partial charge on any atom is 0.270 e. The number of fused-ring (bicyclic) bond motifs is 1. The van der Waals surface area contributed by atoms with E-state index in [1.54, 1.807) is 15.6 Å². The number of nitrogens with zero attached hydrogens (tertiary/aromatic N) is 4. The smallest absolute Gasteiger partial charge is 0.270 e. The fourth-order valence-corrected chi connectivity index (χ4v) is 3.64. The van der Waals surface area contributed by atoms with Crippen LogP contribution in [0.5, 0.6) is 0 Å². The second-order valence-electron chi connectivity index (χ2n) is 6.89. The van der Waals surface area contributed by atoms with Gasteiger partial charge in [-0.2, -0.15) is 5.10 Å². The van der Waals surface area contributed by atoms with Gasteiger partial charge in [0.25, 0.3) is 11.6 Å². The van der Waals surface area contributed by atoms with E-state index in [-0.39, 0.29) is 37.8 Å². The van der Waals surface area contributed by atoms with E-state index >= 15 is 0 Å². The zero-order valence-corrected chi connectivity index (χ0v) is 14.2. The van der Waals surface area contributed by atoms with Gasteiger partial charge in [-0.05, 0) is 25.3 Å². The van der Waals surface area contributed by atoms with Crippen molar-refractivity contribution in [1.82, 2.24) is 9.78 Å². The average Bonchev–Trinajstić information content (AvgIpc) is 3.01. The Morgan fingerprint density at radius 1 is 1.27 bits per heavy atom. The van der Waals surface area contributed by atoms with Crippen molar-refractivity contribution in [2.24, 2.45) is 0 Å². The van der Waals surface area contributed by atoms with Gasteiger partial charge in [0.2, 0.25) is 0 Å². The number of nitro groups is 1. The third-order valence-electron chi connectivity index (χ3n) is 5.10. The standard InChI is InChI=1S/C17H20F2N4O3/c18-17(19)6-8-21(9-7-17)16-13-11-12(23(24)25)4-5-14(13)22(20-16)15-3-1-2-10-26-15/h4-5,11,15H,1-3,6-10H2. The topological polar surface area (TPSA) is 73.4 Å². The molecule has 1 aromatic carbocycles. The molecule has 26 heavy (non-hydrogen) atoms. The van der Waals surface area contributed by atoms with E-state index in [4.69, 9.17) is 4.74 Å². The van der Waals surface area contributed by atoms with Crippen molar-refractivity contribution in [2.75, 3.05) is 24.6 Å². The number of hydrogen-bond donors (Lipinski definition) is 0. The number of benzene rings is 1. The number of halogens is 2. The first kappa shape index (κ1) is 17.1. The first-order valence-electron chi connectivity index (χ1n) is 8.86. The molecule has 0 amide bonds. The maximum absolute atomic E-state index is 13.5. The van der Waals surface area contributed by atoms with Gasteiger partial charge in [-0.3, -0.25) is 10.1 Å². The predicted molar refractivity (Wildman–Crippen MR) is 91.6 cm³/mol. The second kappa shape index (κ2) is 6.46. The van der Waals surface area contributed by atoms with E-state index in [1.165, 1.54) is 12.1 Å². The van der Waals surface area contributed by atoms with Crippen molar-refractivity contribution in [3.63, 3.8) is 0 Å². The number of aromatic nitrogens is 2. The largest absolute Gasteiger partial charge is 0.356 e. The van der Waals surface area contributed by atoms with Crippen molar-refractivity contribution in [2.45, 2.75) is 44.3 Å². The van der Waals surface area contributed by atoms with Crippen LogP contribution >= 0.6 is 0 Å². The molecule has 2 saturated heterocycles. The summed E-state index contributed by atoms with van der Waals surface area (Å²) in [6.07, 6.45) is 2.12. The average molecular weight is 366 g/mol. The Hall–Kier alpha value is -2.29. The Balaban J connectivity index is 1.77. The molecule has 1 atom stereocenters. The molecule has 0 saturated carbocycles. The molecule has 0 N–H and O–H groups in total. The summed E-state index contributed by atoms with van der Waals surface area (Å²) in [5.41, 5.74) is 0.694. The van der Waals surface area contributed by atoms with Gasteiger partial charge < -0.3 is 9.64 Å². The van der Waals surface area contributed by atoms with Gasteiger partial charge >= 0.3 is 0 Å². The summed E-state index contributed by atoms with van der Waals surface area (Å²) in [4.78, 5) is 12.5. The molecule has 0 spiro atoms. The van der Waals surface area contributed by atoms with E-state index in [9.17, 15) is 18.9 Å². The summed E-state index contributed by atoms with van der Waals surface area (Å²) in [5.74, 6) is -2.14. The molecule has 9 heteroatoms. The number of non-ortho nitro benzene ring substituents is 1. The van der Waals surface area contributed by atoms with Gasteiger partial charge in [-0.25, -0.2) is 13.5 Å². The third kappa shape index (κ3) is 3.11. The van der Waals surface area contributed by atoms with Crippen molar-refractivity contribution >= 4 is 22.4 Å². The number of nitro benzene ring substituents is 1. The molecule has 3 heterocycles. The Kier molecular flexibility index (Phi) is 4.26. The van der Waals surface area contributed by atoms with Crippen LogP contribution in [-0.2, 0) is 4.74 Å². The van der Waals surface area contributed by atoms with Crippen LogP contribution in [0.4, 0.5) is 20.3 Å². The molecule has 0 aliphatic carbocycles. The Bertz CT molecular complexity index is 823. The fraction of sp³-hybridized carbons (Fsp3) is 0.588. The van der Waals surface area contributed by atoms with Gasteiger partial charge in [-0.15, -0.1) is 0 Å². The number of ether oxygens (including phenoxy) is 1. The highest BCUT2D eigenvalue weighted by molar-refractivity contribution is 5.92. The summed E-state index contributed by atoms with van der Waals surface area (Å²) < 4.78 is 34.6. The molecule has 0 radical (unpaired) electrons. The van der Waals surface area contributed by atoms with Crippen LogP contribution in [0.1, 0.15) is 38.3 Å². The minimum absolute atomic E-state index is 0.0369. The SMILES string of the molecule is O=[N+]([O-])c1ccc2c(c1)c(N1CCC(F)(F)CC1)nn2C1CCCCO1. The van der Waals surface area contributed by atoms with Gasteiger partial charge in [0, 0.05) is 44.7 Å². The van der Waals surface area contributed by atoms with Crippen LogP contribution in [0.25, 0.3) is 10.9 Å². The van der Waals surface area contributed by atoms with E-state index < -0.39 is 10.8 Å². The highest BCUT2D eigenvalue weighted by atomic mass is 19.3. The summed E-state index contributed by atoms with van der Waals surface area (Å²) in [7, 11) is 0. The Labute approximate surface area is 148 Å². The maximum atomic E-state index is 13.5. The van der Waals surface area contributed by atoms with Crippen LogP contribution in [-0.4, -0.2) is 40.3 Å². The van der Waals surface area contributed by atoms with E-state index in [0.717, 1.165) is 24.8 Å². The lowest BCUT2D eigenvalue weighted by Gasteiger charge is -2.32. The van der Waals surface area contributed by atoms with Gasteiger partial charge in [0.05, 0.1) is 15.8 Å². The monoisotopic (exact) mass is 366 g/mol. The molecule has 2 aliphatic rings. The molecule has 140 valence electrons. The zero-order valence-electron chi connectivity index (χ0n) is 14.2. The molecular weight excluding hydrogens is 346 g/mol. The molecule has 4 rings (SSSR count). The Morgan fingerprint density at radius 2 is 2.04 bits per heavy atom. The minimum Gasteiger partial charge on any atom is -0.356 e. The lowest BCUT2D eigenvalue weighted by Crippen LogP contribution is -2.39. The van der Waals surface area contributed by atoms with Crippen molar-refractivity contribution in [3.8, 4) is 0 Å². The zero-order chi connectivity index (χ0) is 18.3. The number of rotatable bonds is 3.